The second-order valence-corrected chi connectivity index (χ2v) is 10.2. The number of aryl methyl sites for hydroxylation is 2. The lowest BCUT2D eigenvalue weighted by Crippen LogP contribution is -2.41. The van der Waals surface area contributed by atoms with Gasteiger partial charge in [-0.1, -0.05) is 44.7 Å². The van der Waals surface area contributed by atoms with E-state index in [9.17, 15) is 4.39 Å². The van der Waals surface area contributed by atoms with E-state index in [1.54, 1.807) is 12.1 Å². The van der Waals surface area contributed by atoms with Gasteiger partial charge >= 0.3 is 0 Å². The first kappa shape index (κ1) is 24.1. The third-order valence-electron chi connectivity index (χ3n) is 7.69. The minimum atomic E-state index is -0.169. The maximum Gasteiger partial charge on any atom is 0.137 e. The third kappa shape index (κ3) is 4.75. The Hall–Kier alpha value is -3.60. The highest BCUT2D eigenvalue weighted by Crippen LogP contribution is 2.36. The van der Waals surface area contributed by atoms with Crippen molar-refractivity contribution in [1.29, 1.82) is 0 Å². The molecule has 3 heterocycles. The predicted octanol–water partition coefficient (Wildman–Crippen LogP) is 6.66. The zero-order valence-electron chi connectivity index (χ0n) is 21.5. The van der Waals surface area contributed by atoms with E-state index in [2.05, 4.69) is 84.6 Å². The fourth-order valence-electron chi connectivity index (χ4n) is 5.28. The van der Waals surface area contributed by atoms with Gasteiger partial charge in [0.2, 0.25) is 0 Å². The van der Waals surface area contributed by atoms with Gasteiger partial charge in [-0.25, -0.2) is 9.37 Å². The topological polar surface area (TPSA) is 32.6 Å². The zero-order valence-corrected chi connectivity index (χ0v) is 21.5. The van der Waals surface area contributed by atoms with Crippen molar-refractivity contribution in [2.45, 2.75) is 52.0 Å². The highest BCUT2D eigenvalue weighted by Gasteiger charge is 2.31. The molecule has 1 N–H and O–H groups in total. The first-order valence-corrected chi connectivity index (χ1v) is 12.9. The van der Waals surface area contributed by atoms with Crippen LogP contribution in [0.4, 0.5) is 10.1 Å². The van der Waals surface area contributed by atoms with Crippen molar-refractivity contribution in [3.05, 3.63) is 107 Å². The van der Waals surface area contributed by atoms with Crippen molar-refractivity contribution in [1.82, 2.24) is 14.7 Å². The van der Waals surface area contributed by atoms with Gasteiger partial charge in [-0.3, -0.25) is 4.40 Å². The van der Waals surface area contributed by atoms with E-state index in [-0.39, 0.29) is 11.2 Å². The van der Waals surface area contributed by atoms with Crippen LogP contribution in [0.15, 0.2) is 73.4 Å². The molecule has 0 bridgehead atoms. The van der Waals surface area contributed by atoms with Crippen LogP contribution < -0.4 is 10.2 Å². The number of nitrogens with one attached hydrogen (secondary N) is 1. The number of rotatable bonds is 7. The van der Waals surface area contributed by atoms with Gasteiger partial charge in [-0.15, -0.1) is 0 Å². The number of piperidine rings is 1. The molecule has 0 amide bonds. The summed E-state index contributed by atoms with van der Waals surface area (Å²) >= 11 is 0. The summed E-state index contributed by atoms with van der Waals surface area (Å²) in [6.45, 7) is 13.6. The Bertz CT molecular complexity index is 1360. The SMILES string of the molecule is C=C(NCc1ccc(N2CCC(C)(c3ccc(F)cc3)CC2)cc1)c1c(CC)nc2cc(C)ccn12. The molecule has 186 valence electrons. The van der Waals surface area contributed by atoms with Crippen LogP contribution in [0.3, 0.4) is 0 Å². The summed E-state index contributed by atoms with van der Waals surface area (Å²) in [5.74, 6) is -0.169. The van der Waals surface area contributed by atoms with Gasteiger partial charge < -0.3 is 10.2 Å². The van der Waals surface area contributed by atoms with E-state index in [1.165, 1.54) is 22.4 Å². The number of hydrogen-bond donors (Lipinski definition) is 1. The summed E-state index contributed by atoms with van der Waals surface area (Å²) < 4.78 is 15.5. The van der Waals surface area contributed by atoms with E-state index in [0.29, 0.717) is 6.54 Å². The van der Waals surface area contributed by atoms with E-state index in [4.69, 9.17) is 4.98 Å². The van der Waals surface area contributed by atoms with Crippen LogP contribution in [0.5, 0.6) is 0 Å². The summed E-state index contributed by atoms with van der Waals surface area (Å²) in [5, 5.41) is 3.52. The second kappa shape index (κ2) is 9.81. The predicted molar refractivity (Wildman–Crippen MR) is 147 cm³/mol. The maximum absolute atomic E-state index is 13.4. The van der Waals surface area contributed by atoms with Crippen LogP contribution in [-0.2, 0) is 18.4 Å². The second-order valence-electron chi connectivity index (χ2n) is 10.2. The largest absolute Gasteiger partial charge is 0.380 e. The van der Waals surface area contributed by atoms with Crippen molar-refractivity contribution < 1.29 is 4.39 Å². The highest BCUT2D eigenvalue weighted by molar-refractivity contribution is 5.65. The molecule has 4 nitrogen and oxygen atoms in total. The zero-order chi connectivity index (χ0) is 25.3. The molecule has 5 rings (SSSR count). The van der Waals surface area contributed by atoms with Crippen molar-refractivity contribution in [3.8, 4) is 0 Å². The number of aromatic nitrogens is 2. The monoisotopic (exact) mass is 482 g/mol. The number of anilines is 1. The Morgan fingerprint density at radius 1 is 1.06 bits per heavy atom. The molecule has 0 radical (unpaired) electrons. The molecule has 0 unspecified atom stereocenters. The molecular weight excluding hydrogens is 447 g/mol. The maximum atomic E-state index is 13.4. The van der Waals surface area contributed by atoms with Crippen LogP contribution in [0.1, 0.15) is 54.8 Å². The minimum absolute atomic E-state index is 0.0995. The van der Waals surface area contributed by atoms with Gasteiger partial charge in [-0.05, 0) is 84.7 Å². The van der Waals surface area contributed by atoms with Crippen LogP contribution in [0, 0.1) is 12.7 Å². The fourth-order valence-corrected chi connectivity index (χ4v) is 5.28. The summed E-state index contributed by atoms with van der Waals surface area (Å²) in [6, 6.07) is 20.1. The van der Waals surface area contributed by atoms with E-state index in [0.717, 1.165) is 55.1 Å². The molecule has 1 aliphatic rings. The first-order valence-electron chi connectivity index (χ1n) is 12.9. The number of pyridine rings is 1. The molecule has 2 aromatic heterocycles. The third-order valence-corrected chi connectivity index (χ3v) is 7.69. The van der Waals surface area contributed by atoms with E-state index in [1.807, 2.05) is 12.1 Å². The van der Waals surface area contributed by atoms with Gasteiger partial charge in [0, 0.05) is 31.5 Å². The van der Waals surface area contributed by atoms with Crippen LogP contribution >= 0.6 is 0 Å². The van der Waals surface area contributed by atoms with Crippen molar-refractivity contribution in [2.24, 2.45) is 0 Å². The normalized spacial score (nSPS) is 15.3. The van der Waals surface area contributed by atoms with Gasteiger partial charge in [0.1, 0.15) is 11.5 Å². The lowest BCUT2D eigenvalue weighted by molar-refractivity contribution is 0.362. The highest BCUT2D eigenvalue weighted by atomic mass is 19.1. The Balaban J connectivity index is 1.21. The Morgan fingerprint density at radius 2 is 1.75 bits per heavy atom. The summed E-state index contributed by atoms with van der Waals surface area (Å²) in [7, 11) is 0. The van der Waals surface area contributed by atoms with Crippen molar-refractivity contribution >= 4 is 17.0 Å². The molecule has 5 heteroatoms. The Morgan fingerprint density at radius 3 is 2.42 bits per heavy atom. The van der Waals surface area contributed by atoms with Crippen LogP contribution in [0.2, 0.25) is 0 Å². The number of fused-ring (bicyclic) bond motifs is 1. The molecule has 1 saturated heterocycles. The van der Waals surface area contributed by atoms with Gasteiger partial charge in [0.25, 0.3) is 0 Å². The summed E-state index contributed by atoms with van der Waals surface area (Å²) in [4.78, 5) is 7.26. The van der Waals surface area contributed by atoms with Crippen molar-refractivity contribution in [3.63, 3.8) is 0 Å². The van der Waals surface area contributed by atoms with Crippen LogP contribution in [0.25, 0.3) is 11.3 Å². The van der Waals surface area contributed by atoms with Gasteiger partial charge in [-0.2, -0.15) is 0 Å². The van der Waals surface area contributed by atoms with Crippen LogP contribution in [-0.4, -0.2) is 22.5 Å². The minimum Gasteiger partial charge on any atom is -0.380 e. The molecule has 2 aromatic carbocycles. The number of nitrogens with zero attached hydrogens (tertiary/aromatic N) is 3. The fraction of sp³-hybridized carbons (Fsp3) is 0.323. The van der Waals surface area contributed by atoms with Gasteiger partial charge in [0.15, 0.2) is 0 Å². The number of hydrogen-bond acceptors (Lipinski definition) is 3. The Labute approximate surface area is 213 Å². The molecule has 36 heavy (non-hydrogen) atoms. The lowest BCUT2D eigenvalue weighted by Gasteiger charge is -2.41. The van der Waals surface area contributed by atoms with Gasteiger partial charge in [0.05, 0.1) is 17.1 Å². The number of halogens is 1. The number of benzene rings is 2. The number of imidazole rings is 1. The molecule has 1 aliphatic heterocycles. The first-order chi connectivity index (χ1) is 17.4. The molecule has 0 atom stereocenters. The lowest BCUT2D eigenvalue weighted by atomic mass is 9.74. The smallest absolute Gasteiger partial charge is 0.137 e. The molecule has 0 aliphatic carbocycles. The molecule has 4 aromatic rings. The molecule has 0 spiro atoms. The quantitative estimate of drug-likeness (QED) is 0.320. The summed E-state index contributed by atoms with van der Waals surface area (Å²) in [5.41, 5.74) is 8.98. The summed E-state index contributed by atoms with van der Waals surface area (Å²) in [6.07, 6.45) is 5.05. The molecule has 0 saturated carbocycles. The average Bonchev–Trinajstić information content (AvgIpc) is 3.26. The van der Waals surface area contributed by atoms with E-state index < -0.39 is 0 Å². The molecular formula is C31H35FN4. The standard InChI is InChI=1S/C31H35FN4/c1-5-28-30(36-17-14-22(2)20-29(36)34-28)23(3)33-21-24-6-12-27(13-7-24)35-18-15-31(4,16-19-35)25-8-10-26(32)11-9-25/h6-14,17,20,33H,3,5,15-16,18-19,21H2,1-2,4H3. The Kier molecular flexibility index (Phi) is 6.57. The van der Waals surface area contributed by atoms with E-state index >= 15 is 0 Å². The molecule has 1 fully saturated rings. The average molecular weight is 483 g/mol. The van der Waals surface area contributed by atoms with Crippen molar-refractivity contribution in [2.75, 3.05) is 18.0 Å².